The number of carbonyl (C=O) groups is 1. The van der Waals surface area contributed by atoms with Crippen LogP contribution in [0.1, 0.15) is 11.1 Å². The van der Waals surface area contributed by atoms with E-state index in [1.54, 1.807) is 4.52 Å². The standard InChI is InChI=1S/C23H22N4O4/c1-26-21(12-27-23(26)24-15-25-27)16-8-10-18(11-9-16)31-13-17-6-4-5-7-19(17)20(14-29-2)22(28)30-3/h4-12,14-15H,13H2,1-3H3/b20-14-. The molecule has 0 spiro atoms. The van der Waals surface area contributed by atoms with Crippen LogP contribution in [0.5, 0.6) is 5.75 Å². The molecule has 0 fully saturated rings. The summed E-state index contributed by atoms with van der Waals surface area (Å²) in [6, 6.07) is 15.3. The number of aryl methyl sites for hydroxylation is 1. The Morgan fingerprint density at radius 3 is 2.58 bits per heavy atom. The zero-order valence-electron chi connectivity index (χ0n) is 17.5. The number of carbonyl (C=O) groups excluding carboxylic acids is 1. The number of ether oxygens (including phenoxy) is 3. The van der Waals surface area contributed by atoms with Gasteiger partial charge in [0.1, 0.15) is 24.3 Å². The molecule has 2 heterocycles. The van der Waals surface area contributed by atoms with Crippen LogP contribution < -0.4 is 4.74 Å². The molecule has 0 radical (unpaired) electrons. The molecule has 2 aromatic carbocycles. The minimum atomic E-state index is -0.470. The molecule has 0 aliphatic heterocycles. The van der Waals surface area contributed by atoms with Gasteiger partial charge in [-0.15, -0.1) is 0 Å². The minimum absolute atomic E-state index is 0.287. The summed E-state index contributed by atoms with van der Waals surface area (Å²) in [6.07, 6.45) is 4.84. The maximum atomic E-state index is 12.1. The number of hydrogen-bond donors (Lipinski definition) is 0. The number of aromatic nitrogens is 4. The maximum Gasteiger partial charge on any atom is 0.341 e. The fourth-order valence-electron chi connectivity index (χ4n) is 3.39. The monoisotopic (exact) mass is 418 g/mol. The smallest absolute Gasteiger partial charge is 0.341 e. The number of hydrogen-bond acceptors (Lipinski definition) is 6. The van der Waals surface area contributed by atoms with Gasteiger partial charge in [0.2, 0.25) is 5.78 Å². The number of esters is 1. The van der Waals surface area contributed by atoms with E-state index in [9.17, 15) is 4.79 Å². The third-order valence-electron chi connectivity index (χ3n) is 4.95. The lowest BCUT2D eigenvalue weighted by molar-refractivity contribution is -0.133. The quantitative estimate of drug-likeness (QED) is 0.260. The van der Waals surface area contributed by atoms with Crippen LogP contribution in [0.25, 0.3) is 22.6 Å². The van der Waals surface area contributed by atoms with Gasteiger partial charge in [0, 0.05) is 12.6 Å². The molecule has 4 aromatic rings. The summed E-state index contributed by atoms with van der Waals surface area (Å²) < 4.78 is 19.6. The van der Waals surface area contributed by atoms with Crippen molar-refractivity contribution < 1.29 is 19.0 Å². The topological polar surface area (TPSA) is 79.9 Å². The van der Waals surface area contributed by atoms with Crippen molar-refractivity contribution in [1.29, 1.82) is 0 Å². The van der Waals surface area contributed by atoms with Crippen LogP contribution in [0.15, 0.2) is 67.3 Å². The molecule has 0 saturated heterocycles. The van der Waals surface area contributed by atoms with Gasteiger partial charge in [0.25, 0.3) is 0 Å². The van der Waals surface area contributed by atoms with Crippen LogP contribution in [0.3, 0.4) is 0 Å². The van der Waals surface area contributed by atoms with Gasteiger partial charge in [-0.1, -0.05) is 24.3 Å². The molecule has 2 aromatic heterocycles. The van der Waals surface area contributed by atoms with E-state index < -0.39 is 5.97 Å². The highest BCUT2D eigenvalue weighted by Gasteiger charge is 2.17. The van der Waals surface area contributed by atoms with Crippen LogP contribution in [0.2, 0.25) is 0 Å². The minimum Gasteiger partial charge on any atom is -0.503 e. The predicted molar refractivity (Wildman–Crippen MR) is 115 cm³/mol. The van der Waals surface area contributed by atoms with E-state index in [4.69, 9.17) is 14.2 Å². The Hall–Kier alpha value is -4.07. The number of nitrogens with zero attached hydrogens (tertiary/aromatic N) is 4. The molecule has 8 nitrogen and oxygen atoms in total. The summed E-state index contributed by atoms with van der Waals surface area (Å²) in [7, 11) is 4.78. The van der Waals surface area contributed by atoms with Crippen LogP contribution in [0, 0.1) is 0 Å². The van der Waals surface area contributed by atoms with Crippen molar-refractivity contribution in [2.24, 2.45) is 7.05 Å². The van der Waals surface area contributed by atoms with E-state index in [0.29, 0.717) is 16.9 Å². The Bertz CT molecular complexity index is 1240. The fourth-order valence-corrected chi connectivity index (χ4v) is 3.39. The van der Waals surface area contributed by atoms with Crippen molar-refractivity contribution >= 4 is 17.3 Å². The zero-order valence-corrected chi connectivity index (χ0v) is 17.5. The van der Waals surface area contributed by atoms with Gasteiger partial charge in [0.05, 0.1) is 32.4 Å². The number of imidazole rings is 1. The molecular weight excluding hydrogens is 396 g/mol. The lowest BCUT2D eigenvalue weighted by atomic mass is 10.0. The van der Waals surface area contributed by atoms with Gasteiger partial charge in [-0.2, -0.15) is 10.1 Å². The van der Waals surface area contributed by atoms with Crippen molar-refractivity contribution in [1.82, 2.24) is 19.2 Å². The van der Waals surface area contributed by atoms with E-state index >= 15 is 0 Å². The Labute approximate surface area is 179 Å². The Balaban J connectivity index is 1.53. The van der Waals surface area contributed by atoms with Gasteiger partial charge < -0.3 is 18.8 Å². The van der Waals surface area contributed by atoms with Crippen LogP contribution in [-0.4, -0.2) is 39.4 Å². The first-order valence-corrected chi connectivity index (χ1v) is 9.60. The van der Waals surface area contributed by atoms with Crippen molar-refractivity contribution in [3.05, 3.63) is 78.4 Å². The van der Waals surface area contributed by atoms with Gasteiger partial charge in [0.15, 0.2) is 0 Å². The molecule has 0 bridgehead atoms. The lowest BCUT2D eigenvalue weighted by Gasteiger charge is -2.13. The third-order valence-corrected chi connectivity index (χ3v) is 4.95. The third kappa shape index (κ3) is 4.00. The number of fused-ring (bicyclic) bond motifs is 1. The summed E-state index contributed by atoms with van der Waals surface area (Å²) >= 11 is 0. The number of benzene rings is 2. The number of methoxy groups -OCH3 is 2. The van der Waals surface area contributed by atoms with Gasteiger partial charge in [-0.3, -0.25) is 0 Å². The van der Waals surface area contributed by atoms with Gasteiger partial charge >= 0.3 is 5.97 Å². The van der Waals surface area contributed by atoms with Crippen molar-refractivity contribution in [3.63, 3.8) is 0 Å². The Morgan fingerprint density at radius 1 is 1.10 bits per heavy atom. The van der Waals surface area contributed by atoms with Crippen LogP contribution >= 0.6 is 0 Å². The summed E-state index contributed by atoms with van der Waals surface area (Å²) in [4.78, 5) is 16.4. The molecule has 8 heteroatoms. The molecule has 4 rings (SSSR count). The molecule has 31 heavy (non-hydrogen) atoms. The number of rotatable bonds is 7. The molecule has 0 unspecified atom stereocenters. The molecule has 0 aliphatic rings. The highest BCUT2D eigenvalue weighted by Crippen LogP contribution is 2.26. The first kappa shape index (κ1) is 20.2. The SMILES string of the molecule is CO/C=C(\C(=O)OC)c1ccccc1COc1ccc(-c2cn3ncnc3n2C)cc1. The Morgan fingerprint density at radius 2 is 1.87 bits per heavy atom. The summed E-state index contributed by atoms with van der Waals surface area (Å²) in [5, 5.41) is 4.17. The van der Waals surface area contributed by atoms with Gasteiger partial charge in [-0.25, -0.2) is 9.31 Å². The lowest BCUT2D eigenvalue weighted by Crippen LogP contribution is -2.08. The zero-order chi connectivity index (χ0) is 21.8. The van der Waals surface area contributed by atoms with E-state index in [2.05, 4.69) is 10.1 Å². The molecule has 0 saturated carbocycles. The highest BCUT2D eigenvalue weighted by molar-refractivity contribution is 6.16. The first-order valence-electron chi connectivity index (χ1n) is 9.60. The van der Waals surface area contributed by atoms with Crippen molar-refractivity contribution in [2.45, 2.75) is 6.61 Å². The molecule has 158 valence electrons. The highest BCUT2D eigenvalue weighted by atomic mass is 16.5. The van der Waals surface area contributed by atoms with E-state index in [1.165, 1.54) is 26.8 Å². The second-order valence-corrected chi connectivity index (χ2v) is 6.81. The van der Waals surface area contributed by atoms with Gasteiger partial charge in [-0.05, 0) is 35.4 Å². The molecule has 0 amide bonds. The predicted octanol–water partition coefficient (Wildman–Crippen LogP) is 3.47. The van der Waals surface area contributed by atoms with Crippen LogP contribution in [-0.2, 0) is 27.9 Å². The van der Waals surface area contributed by atoms with E-state index in [1.807, 2.05) is 66.3 Å². The average molecular weight is 418 g/mol. The second kappa shape index (κ2) is 8.74. The molecular formula is C23H22N4O4. The van der Waals surface area contributed by atoms with E-state index in [-0.39, 0.29) is 6.61 Å². The molecule has 0 N–H and O–H groups in total. The largest absolute Gasteiger partial charge is 0.503 e. The Kier molecular flexibility index (Phi) is 5.70. The summed E-state index contributed by atoms with van der Waals surface area (Å²) in [5.74, 6) is 1.02. The summed E-state index contributed by atoms with van der Waals surface area (Å²) in [6.45, 7) is 0.287. The molecule has 0 aliphatic carbocycles. The van der Waals surface area contributed by atoms with E-state index in [0.717, 1.165) is 22.6 Å². The van der Waals surface area contributed by atoms with Crippen LogP contribution in [0.4, 0.5) is 0 Å². The normalized spacial score (nSPS) is 11.5. The van der Waals surface area contributed by atoms with Crippen molar-refractivity contribution in [3.8, 4) is 17.0 Å². The fraction of sp³-hybridized carbons (Fsp3) is 0.174. The second-order valence-electron chi connectivity index (χ2n) is 6.81. The summed E-state index contributed by atoms with van der Waals surface area (Å²) in [5.41, 5.74) is 3.91. The first-order chi connectivity index (χ1) is 15.1. The van der Waals surface area contributed by atoms with Crippen molar-refractivity contribution in [2.75, 3.05) is 14.2 Å². The molecule has 0 atom stereocenters. The maximum absolute atomic E-state index is 12.1. The average Bonchev–Trinajstić information content (AvgIpc) is 3.39.